The molecule has 0 saturated carbocycles. The van der Waals surface area contributed by atoms with E-state index in [1.807, 2.05) is 17.5 Å². The predicted octanol–water partition coefficient (Wildman–Crippen LogP) is 2.26. The highest BCUT2D eigenvalue weighted by molar-refractivity contribution is 7.09. The van der Waals surface area contributed by atoms with Crippen LogP contribution in [0.5, 0.6) is 0 Å². The molecule has 1 aromatic heterocycles. The molecule has 9 nitrogen and oxygen atoms in total. The topological polar surface area (TPSA) is 114 Å². The summed E-state index contributed by atoms with van der Waals surface area (Å²) in [5.74, 6) is -1.83. The first kappa shape index (κ1) is 22.7. The highest BCUT2D eigenvalue weighted by Crippen LogP contribution is 2.20. The first-order valence-electron chi connectivity index (χ1n) is 9.38. The molecule has 0 aliphatic carbocycles. The molecule has 10 heteroatoms. The molecule has 0 aromatic carbocycles. The number of carbonyl (C=O) groups is 4. The zero-order valence-corrected chi connectivity index (χ0v) is 17.7. The average molecular weight is 426 g/mol. The Hall–Kier alpha value is -2.62. The van der Waals surface area contributed by atoms with E-state index in [1.165, 1.54) is 16.2 Å². The van der Waals surface area contributed by atoms with Gasteiger partial charge in [-0.1, -0.05) is 6.07 Å². The first-order chi connectivity index (χ1) is 13.6. The van der Waals surface area contributed by atoms with Crippen LogP contribution in [0.25, 0.3) is 0 Å². The van der Waals surface area contributed by atoms with Gasteiger partial charge in [0.05, 0.1) is 12.5 Å². The molecule has 29 heavy (non-hydrogen) atoms. The highest BCUT2D eigenvalue weighted by atomic mass is 32.1. The number of rotatable bonds is 5. The summed E-state index contributed by atoms with van der Waals surface area (Å²) in [6, 6.07) is 3.06. The van der Waals surface area contributed by atoms with Gasteiger partial charge >= 0.3 is 18.1 Å². The zero-order chi connectivity index (χ0) is 21.4. The highest BCUT2D eigenvalue weighted by Gasteiger charge is 2.32. The number of esters is 1. The van der Waals surface area contributed by atoms with E-state index < -0.39 is 42.1 Å². The normalized spacial score (nSPS) is 16.7. The summed E-state index contributed by atoms with van der Waals surface area (Å²) >= 11 is 1.49. The molecule has 0 bridgehead atoms. The Balaban J connectivity index is 1.71. The minimum atomic E-state index is -0.721. The van der Waals surface area contributed by atoms with Gasteiger partial charge in [-0.3, -0.25) is 14.9 Å². The van der Waals surface area contributed by atoms with E-state index in [4.69, 9.17) is 9.47 Å². The molecule has 1 fully saturated rings. The summed E-state index contributed by atoms with van der Waals surface area (Å²) in [6.45, 7) is 5.74. The average Bonchev–Trinajstić information content (AvgIpc) is 3.17. The second-order valence-electron chi connectivity index (χ2n) is 7.68. The lowest BCUT2D eigenvalue weighted by atomic mass is 9.98. The maximum Gasteiger partial charge on any atom is 0.410 e. The fourth-order valence-electron chi connectivity index (χ4n) is 2.70. The van der Waals surface area contributed by atoms with Crippen LogP contribution in [-0.4, -0.2) is 54.2 Å². The van der Waals surface area contributed by atoms with Crippen molar-refractivity contribution in [1.82, 2.24) is 15.5 Å². The number of thiophene rings is 1. The number of ether oxygens (including phenoxy) is 2. The molecule has 0 spiro atoms. The van der Waals surface area contributed by atoms with E-state index in [9.17, 15) is 19.2 Å². The number of amides is 4. The Kier molecular flexibility index (Phi) is 8.00. The van der Waals surface area contributed by atoms with Crippen LogP contribution in [0.1, 0.15) is 38.5 Å². The van der Waals surface area contributed by atoms with Crippen LogP contribution in [0.3, 0.4) is 0 Å². The van der Waals surface area contributed by atoms with E-state index in [1.54, 1.807) is 20.8 Å². The minimum absolute atomic E-state index is 0.177. The molecular formula is C19H27N3O6S. The van der Waals surface area contributed by atoms with Gasteiger partial charge in [0.25, 0.3) is 5.91 Å². The van der Waals surface area contributed by atoms with E-state index in [-0.39, 0.29) is 6.54 Å². The van der Waals surface area contributed by atoms with Gasteiger partial charge in [-0.25, -0.2) is 9.59 Å². The Morgan fingerprint density at radius 1 is 1.28 bits per heavy atom. The van der Waals surface area contributed by atoms with Crippen molar-refractivity contribution in [2.45, 2.75) is 45.8 Å². The third-order valence-electron chi connectivity index (χ3n) is 4.01. The Morgan fingerprint density at radius 2 is 2.03 bits per heavy atom. The molecule has 2 rings (SSSR count). The van der Waals surface area contributed by atoms with Gasteiger partial charge in [0.15, 0.2) is 6.61 Å². The van der Waals surface area contributed by atoms with Crippen LogP contribution >= 0.6 is 11.3 Å². The number of urea groups is 1. The van der Waals surface area contributed by atoms with Crippen molar-refractivity contribution in [2.75, 3.05) is 19.7 Å². The summed E-state index contributed by atoms with van der Waals surface area (Å²) in [4.78, 5) is 50.3. The Bertz CT molecular complexity index is 729. The number of hydrogen-bond donors (Lipinski definition) is 2. The van der Waals surface area contributed by atoms with Crippen molar-refractivity contribution >= 4 is 35.3 Å². The van der Waals surface area contributed by atoms with Crippen molar-refractivity contribution < 1.29 is 28.7 Å². The molecule has 0 radical (unpaired) electrons. The lowest BCUT2D eigenvalue weighted by molar-refractivity contribution is -0.153. The zero-order valence-electron chi connectivity index (χ0n) is 16.9. The molecule has 4 amide bonds. The van der Waals surface area contributed by atoms with Crippen molar-refractivity contribution in [2.24, 2.45) is 5.92 Å². The van der Waals surface area contributed by atoms with Crippen LogP contribution in [0.2, 0.25) is 0 Å². The van der Waals surface area contributed by atoms with Crippen LogP contribution in [0, 0.1) is 5.92 Å². The summed E-state index contributed by atoms with van der Waals surface area (Å²) in [5, 5.41) is 6.54. The summed E-state index contributed by atoms with van der Waals surface area (Å²) in [6.07, 6.45) is 0.715. The lowest BCUT2D eigenvalue weighted by Crippen LogP contribution is -2.45. The maximum atomic E-state index is 12.2. The molecule has 160 valence electrons. The number of piperidine rings is 1. The molecule has 1 aromatic rings. The summed E-state index contributed by atoms with van der Waals surface area (Å²) < 4.78 is 10.3. The van der Waals surface area contributed by atoms with Crippen molar-refractivity contribution in [3.8, 4) is 0 Å². The molecule has 2 heterocycles. The molecule has 2 N–H and O–H groups in total. The first-order valence-corrected chi connectivity index (χ1v) is 10.3. The van der Waals surface area contributed by atoms with Gasteiger partial charge in [-0.05, 0) is 45.1 Å². The fourth-order valence-corrected chi connectivity index (χ4v) is 3.35. The molecule has 1 aliphatic heterocycles. The van der Waals surface area contributed by atoms with E-state index >= 15 is 0 Å². The summed E-state index contributed by atoms with van der Waals surface area (Å²) in [5.41, 5.74) is -0.618. The minimum Gasteiger partial charge on any atom is -0.455 e. The Labute approximate surface area is 173 Å². The SMILES string of the molecule is CC(C)(C)OC(=O)N1CCC[C@H](C(=O)OCC(=O)NC(=O)NCc2cccs2)C1. The molecule has 0 unspecified atom stereocenters. The van der Waals surface area contributed by atoms with E-state index in [0.29, 0.717) is 25.9 Å². The molecular weight excluding hydrogens is 398 g/mol. The van der Waals surface area contributed by atoms with Crippen LogP contribution in [-0.2, 0) is 25.6 Å². The number of nitrogens with one attached hydrogen (secondary N) is 2. The molecule has 1 atom stereocenters. The van der Waals surface area contributed by atoms with Crippen molar-refractivity contribution in [3.05, 3.63) is 22.4 Å². The fraction of sp³-hybridized carbons (Fsp3) is 0.579. The van der Waals surface area contributed by atoms with Gasteiger partial charge in [-0.2, -0.15) is 0 Å². The quantitative estimate of drug-likeness (QED) is 0.700. The predicted molar refractivity (Wildman–Crippen MR) is 106 cm³/mol. The standard InChI is InChI=1S/C19H27N3O6S/c1-19(2,3)28-18(26)22-8-4-6-13(11-22)16(24)27-12-15(23)21-17(25)20-10-14-7-5-9-29-14/h5,7,9,13H,4,6,8,10-12H2,1-3H3,(H2,20,21,23,25)/t13-/m0/s1. The van der Waals surface area contributed by atoms with E-state index in [2.05, 4.69) is 10.6 Å². The number of carbonyl (C=O) groups excluding carboxylic acids is 4. The van der Waals surface area contributed by atoms with Gasteiger partial charge in [0.2, 0.25) is 0 Å². The second-order valence-corrected chi connectivity index (χ2v) is 8.72. The van der Waals surface area contributed by atoms with Crippen LogP contribution < -0.4 is 10.6 Å². The smallest absolute Gasteiger partial charge is 0.410 e. The molecule has 1 aliphatic rings. The van der Waals surface area contributed by atoms with Gasteiger partial charge < -0.3 is 19.7 Å². The second kappa shape index (κ2) is 10.2. The number of imide groups is 1. The third kappa shape index (κ3) is 8.10. The number of likely N-dealkylation sites (tertiary alicyclic amines) is 1. The summed E-state index contributed by atoms with van der Waals surface area (Å²) in [7, 11) is 0. The monoisotopic (exact) mass is 425 g/mol. The van der Waals surface area contributed by atoms with E-state index in [0.717, 1.165) is 4.88 Å². The molecule has 1 saturated heterocycles. The van der Waals surface area contributed by atoms with Gasteiger partial charge in [0.1, 0.15) is 5.60 Å². The van der Waals surface area contributed by atoms with Gasteiger partial charge in [-0.15, -0.1) is 11.3 Å². The van der Waals surface area contributed by atoms with Crippen molar-refractivity contribution in [1.29, 1.82) is 0 Å². The lowest BCUT2D eigenvalue weighted by Gasteiger charge is -2.33. The van der Waals surface area contributed by atoms with Crippen molar-refractivity contribution in [3.63, 3.8) is 0 Å². The third-order valence-corrected chi connectivity index (χ3v) is 4.88. The number of hydrogen-bond acceptors (Lipinski definition) is 7. The van der Waals surface area contributed by atoms with Crippen LogP contribution in [0.4, 0.5) is 9.59 Å². The Morgan fingerprint density at radius 3 is 2.69 bits per heavy atom. The largest absolute Gasteiger partial charge is 0.455 e. The van der Waals surface area contributed by atoms with Gasteiger partial charge in [0, 0.05) is 18.0 Å². The maximum absolute atomic E-state index is 12.2. The number of nitrogens with zero attached hydrogens (tertiary/aromatic N) is 1. The van der Waals surface area contributed by atoms with Crippen LogP contribution in [0.15, 0.2) is 17.5 Å².